The van der Waals surface area contributed by atoms with Crippen LogP contribution >= 0.6 is 0 Å². The van der Waals surface area contributed by atoms with Crippen LogP contribution in [0.25, 0.3) is 0 Å². The maximum Gasteiger partial charge on any atom is 0.271 e. The highest BCUT2D eigenvalue weighted by molar-refractivity contribution is 5.97. The van der Waals surface area contributed by atoms with Gasteiger partial charge in [-0.2, -0.15) is 0 Å². The first-order chi connectivity index (χ1) is 20.4. The molecule has 1 saturated carbocycles. The largest absolute Gasteiger partial charge is 0.369 e. The van der Waals surface area contributed by atoms with Crippen LogP contribution < -0.4 is 20.9 Å². The number of pyridine rings is 1. The number of likely N-dealkylation sites (N-methyl/N-ethyl adjacent to an activating group) is 1. The van der Waals surface area contributed by atoms with Crippen LogP contribution in [0.2, 0.25) is 0 Å². The molecule has 3 aliphatic rings. The molecule has 0 unspecified atom stereocenters. The molecular formula is C32H40N8O2. The quantitative estimate of drug-likeness (QED) is 0.366. The number of primary amides is 1. The smallest absolute Gasteiger partial charge is 0.271 e. The Morgan fingerprint density at radius 3 is 2.38 bits per heavy atom. The number of Topliss-reactive ketones (excluding diaryl/α,β-unsaturated/α-hetero) is 1. The highest BCUT2D eigenvalue weighted by Crippen LogP contribution is 2.39. The third kappa shape index (κ3) is 6.23. The van der Waals surface area contributed by atoms with Crippen LogP contribution in [0.3, 0.4) is 0 Å². The second-order valence-electron chi connectivity index (χ2n) is 12.0. The third-order valence-electron chi connectivity index (χ3n) is 8.99. The number of benzene rings is 1. The van der Waals surface area contributed by atoms with E-state index in [4.69, 9.17) is 10.7 Å². The summed E-state index contributed by atoms with van der Waals surface area (Å²) in [6.45, 7) is 7.00. The van der Waals surface area contributed by atoms with Gasteiger partial charge >= 0.3 is 0 Å². The van der Waals surface area contributed by atoms with Gasteiger partial charge in [-0.25, -0.2) is 9.97 Å². The molecule has 220 valence electrons. The molecule has 2 aromatic heterocycles. The van der Waals surface area contributed by atoms with E-state index in [1.165, 1.54) is 18.5 Å². The lowest BCUT2D eigenvalue weighted by Gasteiger charge is -2.40. The number of nitrogens with one attached hydrogen (secondary N) is 1. The van der Waals surface area contributed by atoms with Gasteiger partial charge in [0.05, 0.1) is 6.20 Å². The van der Waals surface area contributed by atoms with Crippen LogP contribution in [0, 0.1) is 5.92 Å². The van der Waals surface area contributed by atoms with E-state index in [9.17, 15) is 9.59 Å². The summed E-state index contributed by atoms with van der Waals surface area (Å²) in [5.74, 6) is 1.23. The molecule has 1 aromatic carbocycles. The first-order valence-corrected chi connectivity index (χ1v) is 15.1. The lowest BCUT2D eigenvalue weighted by Crippen LogP contribution is -2.44. The lowest BCUT2D eigenvalue weighted by atomic mass is 9.85. The Balaban J connectivity index is 1.15. The normalized spacial score (nSPS) is 21.3. The van der Waals surface area contributed by atoms with Gasteiger partial charge in [0.25, 0.3) is 5.91 Å². The van der Waals surface area contributed by atoms with Crippen molar-refractivity contribution in [2.24, 2.45) is 11.7 Å². The molecule has 2 aliphatic heterocycles. The molecule has 42 heavy (non-hydrogen) atoms. The van der Waals surface area contributed by atoms with Crippen molar-refractivity contribution < 1.29 is 9.59 Å². The fourth-order valence-electron chi connectivity index (χ4n) is 6.11. The van der Waals surface area contributed by atoms with Crippen molar-refractivity contribution in [1.82, 2.24) is 19.9 Å². The van der Waals surface area contributed by atoms with Gasteiger partial charge in [-0.3, -0.25) is 14.6 Å². The summed E-state index contributed by atoms with van der Waals surface area (Å²) in [6, 6.07) is 12.2. The van der Waals surface area contributed by atoms with Crippen LogP contribution in [0.5, 0.6) is 0 Å². The Labute approximate surface area is 247 Å². The molecule has 1 aliphatic carbocycles. The van der Waals surface area contributed by atoms with Crippen molar-refractivity contribution in [1.29, 1.82) is 0 Å². The molecule has 3 aromatic rings. The summed E-state index contributed by atoms with van der Waals surface area (Å²) < 4.78 is 0. The molecule has 1 amide bonds. The predicted molar refractivity (Wildman–Crippen MR) is 165 cm³/mol. The van der Waals surface area contributed by atoms with E-state index in [1.54, 1.807) is 12.4 Å². The molecule has 0 radical (unpaired) electrons. The van der Waals surface area contributed by atoms with Crippen molar-refractivity contribution in [2.75, 3.05) is 54.9 Å². The molecule has 10 nitrogen and oxygen atoms in total. The highest BCUT2D eigenvalue weighted by Gasteiger charge is 2.32. The maximum atomic E-state index is 13.2. The predicted octanol–water partition coefficient (Wildman–Crippen LogP) is 4.22. The van der Waals surface area contributed by atoms with E-state index in [-0.39, 0.29) is 23.4 Å². The maximum absolute atomic E-state index is 13.2. The Bertz CT molecular complexity index is 1420. The van der Waals surface area contributed by atoms with Crippen molar-refractivity contribution >= 4 is 34.7 Å². The Morgan fingerprint density at radius 2 is 1.71 bits per heavy atom. The minimum atomic E-state index is -0.637. The van der Waals surface area contributed by atoms with Gasteiger partial charge in [0.1, 0.15) is 5.82 Å². The van der Waals surface area contributed by atoms with Gasteiger partial charge < -0.3 is 25.8 Å². The molecule has 3 fully saturated rings. The SMILES string of the molecule is C[C@@H]1[C@H](CC(=O)c2ccc(C3CC3)nc2)CCCN1c1cnc(C(N)=O)c(Nc2ccc(N3CCN(C)CC3)cc2)n1. The monoisotopic (exact) mass is 568 g/mol. The van der Waals surface area contributed by atoms with Crippen LogP contribution in [-0.4, -0.2) is 77.4 Å². The van der Waals surface area contributed by atoms with Crippen molar-refractivity contribution in [3.8, 4) is 0 Å². The molecule has 3 N–H and O–H groups in total. The molecule has 2 atom stereocenters. The van der Waals surface area contributed by atoms with Crippen molar-refractivity contribution in [3.05, 3.63) is 65.7 Å². The van der Waals surface area contributed by atoms with Crippen LogP contribution in [0.4, 0.5) is 23.0 Å². The number of carbonyl (C=O) groups is 2. The van der Waals surface area contributed by atoms with E-state index in [0.717, 1.165) is 56.9 Å². The van der Waals surface area contributed by atoms with Gasteiger partial charge in [-0.1, -0.05) is 0 Å². The second kappa shape index (κ2) is 12.1. The lowest BCUT2D eigenvalue weighted by molar-refractivity contribution is 0.0944. The first-order valence-electron chi connectivity index (χ1n) is 15.1. The van der Waals surface area contributed by atoms with Gasteiger partial charge in [-0.05, 0) is 82.0 Å². The van der Waals surface area contributed by atoms with Gasteiger partial charge in [-0.15, -0.1) is 0 Å². The van der Waals surface area contributed by atoms with Gasteiger partial charge in [0, 0.05) is 79.9 Å². The number of rotatable bonds is 9. The molecule has 2 saturated heterocycles. The number of carbonyl (C=O) groups excluding carboxylic acids is 2. The Morgan fingerprint density at radius 1 is 0.952 bits per heavy atom. The molecule has 0 bridgehead atoms. The van der Waals surface area contributed by atoms with Gasteiger partial charge in [0.15, 0.2) is 17.3 Å². The number of piperazine rings is 1. The number of nitrogens with zero attached hydrogens (tertiary/aromatic N) is 6. The number of amides is 1. The van der Waals surface area contributed by atoms with Crippen LogP contribution in [0.15, 0.2) is 48.8 Å². The van der Waals surface area contributed by atoms with E-state index >= 15 is 0 Å². The number of piperidine rings is 1. The number of ketones is 1. The van der Waals surface area contributed by atoms with Crippen LogP contribution in [-0.2, 0) is 0 Å². The minimum Gasteiger partial charge on any atom is -0.369 e. The fourth-order valence-corrected chi connectivity index (χ4v) is 6.11. The second-order valence-corrected chi connectivity index (χ2v) is 12.0. The van der Waals surface area contributed by atoms with Crippen molar-refractivity contribution in [3.63, 3.8) is 0 Å². The van der Waals surface area contributed by atoms with E-state index in [1.807, 2.05) is 24.3 Å². The average Bonchev–Trinajstić information content (AvgIpc) is 3.85. The average molecular weight is 569 g/mol. The summed E-state index contributed by atoms with van der Waals surface area (Å²) in [4.78, 5) is 46.1. The van der Waals surface area contributed by atoms with E-state index in [2.05, 4.69) is 56.1 Å². The minimum absolute atomic E-state index is 0.0749. The highest BCUT2D eigenvalue weighted by atomic mass is 16.1. The molecule has 10 heteroatoms. The van der Waals surface area contributed by atoms with Gasteiger partial charge in [0.2, 0.25) is 0 Å². The summed E-state index contributed by atoms with van der Waals surface area (Å²) in [6.07, 6.45) is 8.11. The molecular weight excluding hydrogens is 528 g/mol. The van der Waals surface area contributed by atoms with Crippen LogP contribution in [0.1, 0.15) is 71.5 Å². The number of nitrogens with two attached hydrogens (primary N) is 1. The molecule has 6 rings (SSSR count). The fraction of sp³-hybridized carbons (Fsp3) is 0.469. The summed E-state index contributed by atoms with van der Waals surface area (Å²) in [5, 5.41) is 3.28. The first kappa shape index (κ1) is 28.1. The van der Waals surface area contributed by atoms with Crippen molar-refractivity contribution in [2.45, 2.75) is 51.0 Å². The standard InChI is InChI=1S/C32H40N8O2/c1-21-23(18-28(41)24-7-12-27(34-19-24)22-5-6-22)4-3-13-40(21)29-20-35-30(31(33)42)32(37-29)36-25-8-10-26(11-9-25)39-16-14-38(2)15-17-39/h7-12,19-23H,3-6,13-18H2,1-2H3,(H2,33,42)(H,36,37)/t21-,23+/m1/s1. The van der Waals surface area contributed by atoms with E-state index in [0.29, 0.717) is 29.5 Å². The summed E-state index contributed by atoms with van der Waals surface area (Å²) >= 11 is 0. The zero-order chi connectivity index (χ0) is 29.2. The van der Waals surface area contributed by atoms with E-state index < -0.39 is 5.91 Å². The number of hydrogen-bond donors (Lipinski definition) is 2. The molecule has 0 spiro atoms. The number of aromatic nitrogens is 3. The summed E-state index contributed by atoms with van der Waals surface area (Å²) in [5.41, 5.74) is 9.51. The number of anilines is 4. The third-order valence-corrected chi connectivity index (χ3v) is 8.99. The number of hydrogen-bond acceptors (Lipinski definition) is 9. The molecule has 4 heterocycles. The Hall–Kier alpha value is -4.05. The summed E-state index contributed by atoms with van der Waals surface area (Å²) in [7, 11) is 2.15. The Kier molecular flexibility index (Phi) is 8.06. The zero-order valence-corrected chi connectivity index (χ0v) is 24.5. The zero-order valence-electron chi connectivity index (χ0n) is 24.5. The topological polar surface area (TPSA) is 121 Å².